The third-order valence-corrected chi connectivity index (χ3v) is 5.78. The van der Waals surface area contributed by atoms with E-state index in [4.69, 9.17) is 5.11 Å². The van der Waals surface area contributed by atoms with Crippen LogP contribution >= 0.6 is 0 Å². The molecular formula is C19H21F8N5O4. The van der Waals surface area contributed by atoms with Crippen molar-refractivity contribution in [3.63, 3.8) is 0 Å². The first-order valence-electron chi connectivity index (χ1n) is 10.6. The van der Waals surface area contributed by atoms with Crippen LogP contribution < -0.4 is 5.32 Å². The van der Waals surface area contributed by atoms with Crippen molar-refractivity contribution in [2.75, 3.05) is 19.6 Å². The van der Waals surface area contributed by atoms with Gasteiger partial charge in [0.1, 0.15) is 6.23 Å². The third kappa shape index (κ3) is 6.68. The number of carbonyl (C=O) groups is 2. The van der Waals surface area contributed by atoms with Gasteiger partial charge in [-0.15, -0.1) is 0 Å². The molecule has 1 fully saturated rings. The fourth-order valence-electron chi connectivity index (χ4n) is 4.15. The van der Waals surface area contributed by atoms with Crippen molar-refractivity contribution in [1.82, 2.24) is 25.1 Å². The van der Waals surface area contributed by atoms with E-state index in [9.17, 15) is 49.8 Å². The van der Waals surface area contributed by atoms with Gasteiger partial charge in [-0.3, -0.25) is 9.69 Å². The maximum absolute atomic E-state index is 13.7. The molecule has 2 aliphatic heterocycles. The summed E-state index contributed by atoms with van der Waals surface area (Å²) in [6.45, 7) is -2.41. The van der Waals surface area contributed by atoms with E-state index in [0.717, 1.165) is 9.80 Å². The lowest BCUT2D eigenvalue weighted by Crippen LogP contribution is -2.54. The minimum Gasteiger partial charge on any atom is -0.465 e. The van der Waals surface area contributed by atoms with E-state index in [-0.39, 0.29) is 6.54 Å². The molecule has 1 aromatic heterocycles. The fourth-order valence-corrected chi connectivity index (χ4v) is 4.15. The van der Waals surface area contributed by atoms with Crippen LogP contribution in [0.5, 0.6) is 0 Å². The van der Waals surface area contributed by atoms with Gasteiger partial charge in [-0.05, 0) is 6.42 Å². The van der Waals surface area contributed by atoms with Gasteiger partial charge >= 0.3 is 18.4 Å². The number of aliphatic hydroxyl groups is 1. The molecule has 3 N–H and O–H groups in total. The molecule has 36 heavy (non-hydrogen) atoms. The second-order valence-electron chi connectivity index (χ2n) is 8.53. The standard InChI is InChI=1S/C19H21F8N5O4/c20-17(21)3-1-12(33)32(8-17)6-9(28-16(35)36)5-13(34)31-4-2-10-11(7-31)29-15(19(25,26)27)30-14(10)18(22,23)24/h9,13,28,34H,1-8H2,(H,35,36)/t9-,13?/m0/s1. The Morgan fingerprint density at radius 3 is 2.36 bits per heavy atom. The molecule has 0 aromatic carbocycles. The molecule has 1 saturated heterocycles. The van der Waals surface area contributed by atoms with Crippen LogP contribution in [-0.2, 0) is 30.1 Å². The van der Waals surface area contributed by atoms with Gasteiger partial charge < -0.3 is 20.4 Å². The quantitative estimate of drug-likeness (QED) is 0.479. The molecule has 0 aliphatic carbocycles. The van der Waals surface area contributed by atoms with Crippen LogP contribution in [0.3, 0.4) is 0 Å². The van der Waals surface area contributed by atoms with Gasteiger partial charge in [-0.25, -0.2) is 23.5 Å². The van der Waals surface area contributed by atoms with E-state index in [1.807, 2.05) is 5.32 Å². The Morgan fingerprint density at radius 1 is 1.11 bits per heavy atom. The number of aliphatic hydroxyl groups excluding tert-OH is 1. The summed E-state index contributed by atoms with van der Waals surface area (Å²) >= 11 is 0. The predicted octanol–water partition coefficient (Wildman–Crippen LogP) is 2.47. The van der Waals surface area contributed by atoms with Crippen LogP contribution in [0.2, 0.25) is 0 Å². The fraction of sp³-hybridized carbons (Fsp3) is 0.684. The van der Waals surface area contributed by atoms with Crippen molar-refractivity contribution in [3.05, 3.63) is 22.8 Å². The second-order valence-corrected chi connectivity index (χ2v) is 8.53. The number of fused-ring (bicyclic) bond motifs is 1. The van der Waals surface area contributed by atoms with E-state index in [0.29, 0.717) is 0 Å². The van der Waals surface area contributed by atoms with Gasteiger partial charge in [0.25, 0.3) is 5.92 Å². The maximum atomic E-state index is 13.7. The van der Waals surface area contributed by atoms with Gasteiger partial charge in [0, 0.05) is 44.5 Å². The van der Waals surface area contributed by atoms with Crippen molar-refractivity contribution in [1.29, 1.82) is 0 Å². The van der Waals surface area contributed by atoms with Crippen molar-refractivity contribution in [2.24, 2.45) is 0 Å². The number of nitrogens with one attached hydrogen (secondary N) is 1. The minimum absolute atomic E-state index is 0.271. The normalized spacial score (nSPS) is 20.6. The van der Waals surface area contributed by atoms with Crippen LogP contribution in [0.4, 0.5) is 39.9 Å². The lowest BCUT2D eigenvalue weighted by atomic mass is 10.0. The van der Waals surface area contributed by atoms with Crippen LogP contribution in [0.1, 0.15) is 42.0 Å². The minimum atomic E-state index is -5.27. The van der Waals surface area contributed by atoms with Gasteiger partial charge in [0.05, 0.1) is 18.3 Å². The number of carbonyl (C=O) groups excluding carboxylic acids is 1. The van der Waals surface area contributed by atoms with Crippen LogP contribution in [0.25, 0.3) is 0 Å². The van der Waals surface area contributed by atoms with E-state index in [1.165, 1.54) is 0 Å². The first kappa shape index (κ1) is 27.8. The summed E-state index contributed by atoms with van der Waals surface area (Å²) in [5, 5.41) is 21.6. The highest BCUT2D eigenvalue weighted by Gasteiger charge is 2.44. The number of rotatable bonds is 6. The molecule has 202 valence electrons. The largest absolute Gasteiger partial charge is 0.465 e. The molecule has 3 rings (SSSR count). The zero-order valence-corrected chi connectivity index (χ0v) is 18.3. The van der Waals surface area contributed by atoms with E-state index < -0.39 is 111 Å². The second kappa shape index (κ2) is 9.91. The summed E-state index contributed by atoms with van der Waals surface area (Å²) in [5.74, 6) is -5.85. The van der Waals surface area contributed by atoms with Crippen molar-refractivity contribution in [3.8, 4) is 0 Å². The van der Waals surface area contributed by atoms with E-state index >= 15 is 0 Å². The molecule has 0 radical (unpaired) electrons. The molecule has 0 spiro atoms. The number of amides is 2. The van der Waals surface area contributed by atoms with Gasteiger partial charge in [0.15, 0.2) is 5.69 Å². The molecule has 1 aromatic rings. The molecule has 17 heteroatoms. The van der Waals surface area contributed by atoms with Gasteiger partial charge in [-0.1, -0.05) is 0 Å². The molecule has 0 bridgehead atoms. The van der Waals surface area contributed by atoms with Crippen molar-refractivity contribution >= 4 is 12.0 Å². The third-order valence-electron chi connectivity index (χ3n) is 5.78. The van der Waals surface area contributed by atoms with Crippen LogP contribution in [0.15, 0.2) is 0 Å². The highest BCUT2D eigenvalue weighted by Crippen LogP contribution is 2.37. The topological polar surface area (TPSA) is 119 Å². The number of halogens is 8. The summed E-state index contributed by atoms with van der Waals surface area (Å²) in [5.41, 5.74) is -2.90. The number of aromatic nitrogens is 2. The Hall–Kier alpha value is -2.82. The summed E-state index contributed by atoms with van der Waals surface area (Å²) < 4.78 is 107. The molecule has 1 unspecified atom stereocenters. The first-order valence-corrected chi connectivity index (χ1v) is 10.6. The smallest absolute Gasteiger partial charge is 0.451 e. The number of piperidine rings is 1. The summed E-state index contributed by atoms with van der Waals surface area (Å²) in [6.07, 6.45) is -15.8. The maximum Gasteiger partial charge on any atom is 0.451 e. The SMILES string of the molecule is O=C(O)N[C@@H](CC(O)N1CCc2c(nc(C(F)(F)F)nc2C(F)(F)F)C1)CN1CC(F)(F)CCC1=O. The molecule has 2 atom stereocenters. The molecular weight excluding hydrogens is 514 g/mol. The van der Waals surface area contributed by atoms with Crippen molar-refractivity contribution in [2.45, 2.75) is 62.8 Å². The van der Waals surface area contributed by atoms with Crippen molar-refractivity contribution < 1.29 is 54.9 Å². The molecule has 3 heterocycles. The average Bonchev–Trinajstić information content (AvgIpc) is 2.73. The number of alkyl halides is 8. The Kier molecular flexibility index (Phi) is 7.64. The predicted molar refractivity (Wildman–Crippen MR) is 102 cm³/mol. The highest BCUT2D eigenvalue weighted by molar-refractivity contribution is 5.77. The zero-order chi connectivity index (χ0) is 27.1. The molecule has 2 amide bonds. The number of likely N-dealkylation sites (tertiary alicyclic amines) is 1. The van der Waals surface area contributed by atoms with E-state index in [2.05, 4.69) is 9.97 Å². The van der Waals surface area contributed by atoms with E-state index in [1.54, 1.807) is 0 Å². The Balaban J connectivity index is 1.79. The summed E-state index contributed by atoms with van der Waals surface area (Å²) in [4.78, 5) is 30.8. The van der Waals surface area contributed by atoms with Crippen LogP contribution in [-0.4, -0.2) is 79.8 Å². The highest BCUT2D eigenvalue weighted by atomic mass is 19.4. The lowest BCUT2D eigenvalue weighted by Gasteiger charge is -2.37. The lowest BCUT2D eigenvalue weighted by molar-refractivity contribution is -0.153. The first-order chi connectivity index (χ1) is 16.5. The van der Waals surface area contributed by atoms with Gasteiger partial charge in [0.2, 0.25) is 11.7 Å². The molecule has 9 nitrogen and oxygen atoms in total. The average molecular weight is 535 g/mol. The number of carboxylic acid groups (broad SMARTS) is 1. The Bertz CT molecular complexity index is 1000. The number of hydrogen-bond acceptors (Lipinski definition) is 6. The monoisotopic (exact) mass is 535 g/mol. The summed E-state index contributed by atoms with van der Waals surface area (Å²) in [6, 6.07) is -1.27. The van der Waals surface area contributed by atoms with Crippen LogP contribution in [0, 0.1) is 0 Å². The number of nitrogens with zero attached hydrogens (tertiary/aromatic N) is 4. The molecule has 2 aliphatic rings. The Labute approximate surface area is 198 Å². The van der Waals surface area contributed by atoms with Gasteiger partial charge in [-0.2, -0.15) is 26.3 Å². The summed E-state index contributed by atoms with van der Waals surface area (Å²) in [7, 11) is 0. The Morgan fingerprint density at radius 2 is 1.78 bits per heavy atom. The zero-order valence-electron chi connectivity index (χ0n) is 18.3. The number of hydrogen-bond donors (Lipinski definition) is 3. The molecule has 0 saturated carbocycles.